The van der Waals surface area contributed by atoms with Crippen LogP contribution in [0.2, 0.25) is 0 Å². The van der Waals surface area contributed by atoms with Crippen LogP contribution in [-0.2, 0) is 7.05 Å². The monoisotopic (exact) mass is 384 g/mol. The molecule has 0 fully saturated rings. The molecule has 0 aliphatic rings. The van der Waals surface area contributed by atoms with Gasteiger partial charge in [-0.15, -0.1) is 0 Å². The first kappa shape index (κ1) is 16.0. The molecule has 7 heteroatoms. The highest BCUT2D eigenvalue weighted by atomic mass is 127. The maximum atomic E-state index is 10.5. The smallest absolute Gasteiger partial charge is 0.269 e. The van der Waals surface area contributed by atoms with Crippen molar-refractivity contribution in [2.75, 3.05) is 5.43 Å². The molecule has 2 rings (SSSR count). The second-order valence-corrected chi connectivity index (χ2v) is 3.98. The van der Waals surface area contributed by atoms with E-state index in [1.807, 2.05) is 36.1 Å². The lowest BCUT2D eigenvalue weighted by Crippen LogP contribution is -3.00. The van der Waals surface area contributed by atoms with Crippen LogP contribution in [0.15, 0.2) is 53.9 Å². The number of hydrogen-bond acceptors (Lipinski definition) is 4. The Balaban J connectivity index is 0.00000200. The van der Waals surface area contributed by atoms with Crippen LogP contribution in [0.25, 0.3) is 0 Å². The Labute approximate surface area is 133 Å². The van der Waals surface area contributed by atoms with Gasteiger partial charge in [-0.1, -0.05) is 0 Å². The van der Waals surface area contributed by atoms with Gasteiger partial charge in [0.15, 0.2) is 12.4 Å². The van der Waals surface area contributed by atoms with Crippen LogP contribution in [0.5, 0.6) is 0 Å². The zero-order valence-electron chi connectivity index (χ0n) is 10.7. The molecule has 0 aliphatic heterocycles. The van der Waals surface area contributed by atoms with Crippen molar-refractivity contribution in [3.8, 4) is 0 Å². The Hall–Kier alpha value is -2.03. The number of nitrogens with one attached hydrogen (secondary N) is 1. The van der Waals surface area contributed by atoms with Gasteiger partial charge in [-0.3, -0.25) is 15.5 Å². The Morgan fingerprint density at radius 3 is 2.60 bits per heavy atom. The number of pyridine rings is 1. The van der Waals surface area contributed by atoms with Crippen LogP contribution in [0.1, 0.15) is 5.56 Å². The number of halogens is 1. The predicted molar refractivity (Wildman–Crippen MR) is 71.9 cm³/mol. The minimum absolute atomic E-state index is 0. The van der Waals surface area contributed by atoms with Gasteiger partial charge in [0.1, 0.15) is 7.05 Å². The lowest BCUT2D eigenvalue weighted by atomic mass is 10.3. The Kier molecular flexibility index (Phi) is 6.04. The summed E-state index contributed by atoms with van der Waals surface area (Å²) >= 11 is 0. The standard InChI is InChI=1S/C13H13N4O2.HI/c1-16-8-2-3-11(10-16)9-14-15-12-4-6-13(7-5-12)17(18)19;/h2-10,15H,1H3;1H/q+1;/p-1/b14-9+;. The molecular weight excluding hydrogens is 371 g/mol. The molecule has 6 nitrogen and oxygen atoms in total. The van der Waals surface area contributed by atoms with Gasteiger partial charge >= 0.3 is 0 Å². The van der Waals surface area contributed by atoms with Gasteiger partial charge in [-0.2, -0.15) is 5.10 Å². The van der Waals surface area contributed by atoms with Crippen LogP contribution in [0.4, 0.5) is 11.4 Å². The van der Waals surface area contributed by atoms with E-state index in [9.17, 15) is 10.1 Å². The first-order valence-corrected chi connectivity index (χ1v) is 5.64. The summed E-state index contributed by atoms with van der Waals surface area (Å²) in [6.07, 6.45) is 5.55. The minimum Gasteiger partial charge on any atom is -1.00 e. The highest BCUT2D eigenvalue weighted by Gasteiger charge is 2.02. The number of rotatable bonds is 4. The molecule has 2 aromatic rings. The maximum Gasteiger partial charge on any atom is 0.269 e. The van der Waals surface area contributed by atoms with Crippen molar-refractivity contribution < 1.29 is 33.5 Å². The average molecular weight is 384 g/mol. The first-order valence-electron chi connectivity index (χ1n) is 5.64. The van der Waals surface area contributed by atoms with E-state index in [-0.39, 0.29) is 29.7 Å². The number of aryl methyl sites for hydroxylation is 1. The Morgan fingerprint density at radius 2 is 2.00 bits per heavy atom. The van der Waals surface area contributed by atoms with Crippen LogP contribution >= 0.6 is 0 Å². The fourth-order valence-corrected chi connectivity index (χ4v) is 1.53. The van der Waals surface area contributed by atoms with Crippen LogP contribution in [0, 0.1) is 10.1 Å². The molecule has 0 bridgehead atoms. The summed E-state index contributed by atoms with van der Waals surface area (Å²) in [5, 5.41) is 14.6. The second kappa shape index (κ2) is 7.53. The first-order chi connectivity index (χ1) is 9.15. The molecule has 1 aromatic heterocycles. The van der Waals surface area contributed by atoms with E-state index in [1.54, 1.807) is 18.3 Å². The summed E-state index contributed by atoms with van der Waals surface area (Å²) < 4.78 is 1.92. The topological polar surface area (TPSA) is 71.4 Å². The maximum absolute atomic E-state index is 10.5. The molecular formula is C13H13IN4O2. The highest BCUT2D eigenvalue weighted by molar-refractivity contribution is 5.79. The third-order valence-corrected chi connectivity index (χ3v) is 2.45. The molecule has 1 N–H and O–H groups in total. The van der Waals surface area contributed by atoms with Gasteiger partial charge in [-0.05, 0) is 18.2 Å². The van der Waals surface area contributed by atoms with E-state index in [0.29, 0.717) is 5.69 Å². The summed E-state index contributed by atoms with van der Waals surface area (Å²) in [7, 11) is 1.93. The van der Waals surface area contributed by atoms with Crippen molar-refractivity contribution in [1.29, 1.82) is 0 Å². The fraction of sp³-hybridized carbons (Fsp3) is 0.0769. The zero-order chi connectivity index (χ0) is 13.7. The predicted octanol–water partition coefficient (Wildman–Crippen LogP) is -1.13. The quantitative estimate of drug-likeness (QED) is 0.239. The highest BCUT2D eigenvalue weighted by Crippen LogP contribution is 2.15. The van der Waals surface area contributed by atoms with E-state index in [4.69, 9.17) is 0 Å². The molecule has 1 heterocycles. The van der Waals surface area contributed by atoms with E-state index in [1.165, 1.54) is 12.1 Å². The zero-order valence-corrected chi connectivity index (χ0v) is 12.9. The Bertz CT molecular complexity index is 614. The molecule has 20 heavy (non-hydrogen) atoms. The minimum atomic E-state index is -0.434. The summed E-state index contributed by atoms with van der Waals surface area (Å²) in [5.74, 6) is 0. The molecule has 0 radical (unpaired) electrons. The summed E-state index contributed by atoms with van der Waals surface area (Å²) in [5.41, 5.74) is 4.53. The van der Waals surface area contributed by atoms with Crippen LogP contribution in [-0.4, -0.2) is 11.1 Å². The number of hydrazone groups is 1. The number of benzene rings is 1. The van der Waals surface area contributed by atoms with Gasteiger partial charge in [-0.25, -0.2) is 4.57 Å². The van der Waals surface area contributed by atoms with Crippen molar-refractivity contribution in [2.24, 2.45) is 12.1 Å². The van der Waals surface area contributed by atoms with Crippen LogP contribution < -0.4 is 34.0 Å². The molecule has 1 aromatic carbocycles. The van der Waals surface area contributed by atoms with E-state index in [2.05, 4.69) is 10.5 Å². The summed E-state index contributed by atoms with van der Waals surface area (Å²) in [6.45, 7) is 0. The van der Waals surface area contributed by atoms with E-state index in [0.717, 1.165) is 5.56 Å². The summed E-state index contributed by atoms with van der Waals surface area (Å²) in [6, 6.07) is 9.94. The van der Waals surface area contributed by atoms with Crippen LogP contribution in [0.3, 0.4) is 0 Å². The van der Waals surface area contributed by atoms with Crippen molar-refractivity contribution in [2.45, 2.75) is 0 Å². The number of nitrogens with zero attached hydrogens (tertiary/aromatic N) is 3. The van der Waals surface area contributed by atoms with Crippen molar-refractivity contribution in [3.05, 3.63) is 64.5 Å². The third-order valence-electron chi connectivity index (χ3n) is 2.45. The largest absolute Gasteiger partial charge is 1.00 e. The van der Waals surface area contributed by atoms with Crippen molar-refractivity contribution >= 4 is 17.6 Å². The van der Waals surface area contributed by atoms with E-state index >= 15 is 0 Å². The number of anilines is 1. The number of non-ortho nitro benzene ring substituents is 1. The molecule has 0 saturated carbocycles. The fourth-order valence-electron chi connectivity index (χ4n) is 1.53. The summed E-state index contributed by atoms with van der Waals surface area (Å²) in [4.78, 5) is 10.1. The lowest BCUT2D eigenvalue weighted by molar-refractivity contribution is -0.671. The molecule has 0 spiro atoms. The van der Waals surface area contributed by atoms with Gasteiger partial charge in [0.05, 0.1) is 22.4 Å². The van der Waals surface area contributed by atoms with Gasteiger partial charge in [0.25, 0.3) is 5.69 Å². The molecule has 0 aliphatic carbocycles. The Morgan fingerprint density at radius 1 is 1.30 bits per heavy atom. The van der Waals surface area contributed by atoms with Crippen molar-refractivity contribution in [1.82, 2.24) is 0 Å². The molecule has 0 atom stereocenters. The third kappa shape index (κ3) is 4.57. The number of hydrogen-bond donors (Lipinski definition) is 1. The van der Waals surface area contributed by atoms with E-state index < -0.39 is 4.92 Å². The molecule has 0 amide bonds. The molecule has 0 saturated heterocycles. The van der Waals surface area contributed by atoms with Crippen molar-refractivity contribution in [3.63, 3.8) is 0 Å². The lowest BCUT2D eigenvalue weighted by Gasteiger charge is -1.98. The van der Waals surface area contributed by atoms with Gasteiger partial charge < -0.3 is 24.0 Å². The number of nitro groups is 1. The number of aromatic nitrogens is 1. The number of nitro benzene ring substituents is 1. The average Bonchev–Trinajstić information content (AvgIpc) is 2.39. The normalized spacial score (nSPS) is 10.1. The SMILES string of the molecule is C[n+]1cccc(/C=N/Nc2ccc([N+](=O)[O-])cc2)c1.[I-]. The second-order valence-electron chi connectivity index (χ2n) is 3.98. The van der Waals surface area contributed by atoms with Gasteiger partial charge in [0, 0.05) is 18.2 Å². The molecule has 0 unspecified atom stereocenters. The van der Waals surface area contributed by atoms with Gasteiger partial charge in [0.2, 0.25) is 0 Å². The molecule has 104 valence electrons.